The second-order valence-corrected chi connectivity index (χ2v) is 4.10. The highest BCUT2D eigenvalue weighted by Crippen LogP contribution is 2.19. The third-order valence-corrected chi connectivity index (χ3v) is 2.69. The Morgan fingerprint density at radius 1 is 1.67 bits per heavy atom. The fourth-order valence-corrected chi connectivity index (χ4v) is 1.76. The molecular weight excluding hydrogens is 170 g/mol. The number of nitrogens with zero attached hydrogens (tertiary/aromatic N) is 1. The Hall–Kier alpha value is -0.700. The Morgan fingerprint density at radius 2 is 2.33 bits per heavy atom. The number of hydrogen-bond acceptors (Lipinski definition) is 3. The molecule has 0 fully saturated rings. The van der Waals surface area contributed by atoms with Gasteiger partial charge in [-0.2, -0.15) is 0 Å². The molecule has 0 saturated heterocycles. The summed E-state index contributed by atoms with van der Waals surface area (Å²) >= 11 is 1.64. The van der Waals surface area contributed by atoms with E-state index in [1.54, 1.807) is 18.3 Å². The van der Waals surface area contributed by atoms with Crippen molar-refractivity contribution in [1.82, 2.24) is 4.98 Å². The van der Waals surface area contributed by atoms with Crippen LogP contribution in [0.1, 0.15) is 37.4 Å². The van der Waals surface area contributed by atoms with Crippen LogP contribution in [0.25, 0.3) is 0 Å². The topological polar surface area (TPSA) is 30.0 Å². The van der Waals surface area contributed by atoms with Gasteiger partial charge in [0.25, 0.3) is 0 Å². The van der Waals surface area contributed by atoms with Crippen LogP contribution in [0.2, 0.25) is 0 Å². The quantitative estimate of drug-likeness (QED) is 0.720. The fourth-order valence-electron chi connectivity index (χ4n) is 0.924. The lowest BCUT2D eigenvalue weighted by atomic mass is 10.2. The molecule has 0 aliphatic carbocycles. The summed E-state index contributed by atoms with van der Waals surface area (Å²) in [7, 11) is 0. The van der Waals surface area contributed by atoms with Gasteiger partial charge in [0, 0.05) is 17.7 Å². The first-order valence-electron chi connectivity index (χ1n) is 4.03. The fraction of sp³-hybridized carbons (Fsp3) is 0.556. The Morgan fingerprint density at radius 3 is 2.75 bits per heavy atom. The van der Waals surface area contributed by atoms with Gasteiger partial charge in [-0.15, -0.1) is 11.3 Å². The van der Waals surface area contributed by atoms with Crippen molar-refractivity contribution in [1.29, 1.82) is 0 Å². The van der Waals surface area contributed by atoms with E-state index in [0.717, 1.165) is 10.7 Å². The maximum absolute atomic E-state index is 10.8. The molecule has 0 bridgehead atoms. The van der Waals surface area contributed by atoms with Gasteiger partial charge in [0.1, 0.15) is 5.78 Å². The van der Waals surface area contributed by atoms with Crippen LogP contribution in [-0.2, 0) is 11.2 Å². The van der Waals surface area contributed by atoms with E-state index in [1.807, 2.05) is 5.38 Å². The first-order valence-corrected chi connectivity index (χ1v) is 4.91. The molecule has 3 heteroatoms. The molecule has 1 aromatic rings. The van der Waals surface area contributed by atoms with Crippen molar-refractivity contribution in [2.45, 2.75) is 33.1 Å². The van der Waals surface area contributed by atoms with Crippen molar-refractivity contribution in [3.63, 3.8) is 0 Å². The van der Waals surface area contributed by atoms with Crippen LogP contribution in [0.4, 0.5) is 0 Å². The van der Waals surface area contributed by atoms with Crippen LogP contribution in [0.3, 0.4) is 0 Å². The van der Waals surface area contributed by atoms with Gasteiger partial charge >= 0.3 is 0 Å². The van der Waals surface area contributed by atoms with Gasteiger partial charge in [-0.3, -0.25) is 4.79 Å². The largest absolute Gasteiger partial charge is 0.300 e. The summed E-state index contributed by atoms with van der Waals surface area (Å²) in [4.78, 5) is 15.1. The van der Waals surface area contributed by atoms with Gasteiger partial charge in [0.15, 0.2) is 0 Å². The van der Waals surface area contributed by atoms with Crippen LogP contribution < -0.4 is 0 Å². The zero-order chi connectivity index (χ0) is 9.14. The van der Waals surface area contributed by atoms with Crippen molar-refractivity contribution in [3.05, 3.63) is 16.1 Å². The Balaban J connectivity index is 2.70. The van der Waals surface area contributed by atoms with Crippen LogP contribution >= 0.6 is 11.3 Å². The number of Topliss-reactive ketones (excluding diaryl/α,β-unsaturated/α-hetero) is 1. The smallest absolute Gasteiger partial charge is 0.135 e. The molecule has 2 nitrogen and oxygen atoms in total. The number of rotatable bonds is 3. The van der Waals surface area contributed by atoms with Gasteiger partial charge in [-0.1, -0.05) is 13.8 Å². The number of carbonyl (C=O) groups is 1. The summed E-state index contributed by atoms with van der Waals surface area (Å²) in [6, 6.07) is 0. The summed E-state index contributed by atoms with van der Waals surface area (Å²) in [5.41, 5.74) is 0.913. The van der Waals surface area contributed by atoms with Crippen LogP contribution in [0.15, 0.2) is 5.38 Å². The Bertz CT molecular complexity index is 278. The van der Waals surface area contributed by atoms with E-state index in [9.17, 15) is 4.79 Å². The summed E-state index contributed by atoms with van der Waals surface area (Å²) in [5.74, 6) is 0.645. The SMILES string of the molecule is CC(=O)Cc1csc(C(C)C)n1. The highest BCUT2D eigenvalue weighted by Gasteiger charge is 2.06. The molecule has 1 aromatic heterocycles. The van der Waals surface area contributed by atoms with Crippen molar-refractivity contribution in [2.24, 2.45) is 0 Å². The van der Waals surface area contributed by atoms with Crippen molar-refractivity contribution >= 4 is 17.1 Å². The van der Waals surface area contributed by atoms with Gasteiger partial charge < -0.3 is 0 Å². The number of ketones is 1. The van der Waals surface area contributed by atoms with Crippen LogP contribution in [0.5, 0.6) is 0 Å². The van der Waals surface area contributed by atoms with E-state index in [2.05, 4.69) is 18.8 Å². The molecule has 0 atom stereocenters. The first kappa shape index (κ1) is 9.39. The summed E-state index contributed by atoms with van der Waals surface area (Å²) < 4.78 is 0. The Labute approximate surface area is 76.6 Å². The molecule has 66 valence electrons. The Kier molecular flexibility index (Phi) is 2.98. The van der Waals surface area contributed by atoms with Crippen molar-refractivity contribution < 1.29 is 4.79 Å². The van der Waals surface area contributed by atoms with E-state index < -0.39 is 0 Å². The van der Waals surface area contributed by atoms with Gasteiger partial charge in [-0.25, -0.2) is 4.98 Å². The van der Waals surface area contributed by atoms with E-state index in [-0.39, 0.29) is 5.78 Å². The lowest BCUT2D eigenvalue weighted by Crippen LogP contribution is -1.97. The second-order valence-electron chi connectivity index (χ2n) is 3.21. The number of thiazole rings is 1. The summed E-state index contributed by atoms with van der Waals surface area (Å²) in [6.07, 6.45) is 0.475. The van der Waals surface area contributed by atoms with Crippen LogP contribution in [0, 0.1) is 0 Å². The van der Waals surface area contributed by atoms with E-state index in [1.165, 1.54) is 0 Å². The standard InChI is InChI=1S/C9H13NOS/c1-6(2)9-10-8(5-12-9)4-7(3)11/h5-6H,4H2,1-3H3. The molecule has 0 amide bonds. The molecule has 0 aliphatic rings. The van der Waals surface area contributed by atoms with Gasteiger partial charge in [0.2, 0.25) is 0 Å². The second kappa shape index (κ2) is 3.81. The number of aromatic nitrogens is 1. The molecule has 0 aromatic carbocycles. The van der Waals surface area contributed by atoms with E-state index in [0.29, 0.717) is 12.3 Å². The zero-order valence-electron chi connectivity index (χ0n) is 7.63. The monoisotopic (exact) mass is 183 g/mol. The molecule has 0 spiro atoms. The minimum atomic E-state index is 0.176. The minimum absolute atomic E-state index is 0.176. The molecule has 1 heterocycles. The normalized spacial score (nSPS) is 10.7. The molecule has 0 aliphatic heterocycles. The predicted octanol–water partition coefficient (Wildman–Crippen LogP) is 2.40. The molecule has 1 rings (SSSR count). The van der Waals surface area contributed by atoms with E-state index >= 15 is 0 Å². The lowest BCUT2D eigenvalue weighted by Gasteiger charge is -1.95. The van der Waals surface area contributed by atoms with Gasteiger partial charge in [0.05, 0.1) is 10.7 Å². The maximum atomic E-state index is 10.8. The molecule has 0 saturated carbocycles. The zero-order valence-corrected chi connectivity index (χ0v) is 8.44. The molecule has 0 N–H and O–H groups in total. The third kappa shape index (κ3) is 2.41. The highest BCUT2D eigenvalue weighted by atomic mass is 32.1. The minimum Gasteiger partial charge on any atom is -0.300 e. The molecule has 0 radical (unpaired) electrons. The first-order chi connectivity index (χ1) is 5.59. The van der Waals surface area contributed by atoms with Gasteiger partial charge in [-0.05, 0) is 6.92 Å². The molecular formula is C9H13NOS. The average Bonchev–Trinajstić information content (AvgIpc) is 2.34. The highest BCUT2D eigenvalue weighted by molar-refractivity contribution is 7.09. The predicted molar refractivity (Wildman–Crippen MR) is 50.6 cm³/mol. The molecule has 0 unspecified atom stereocenters. The van der Waals surface area contributed by atoms with Crippen LogP contribution in [-0.4, -0.2) is 10.8 Å². The maximum Gasteiger partial charge on any atom is 0.135 e. The number of hydrogen-bond donors (Lipinski definition) is 0. The summed E-state index contributed by atoms with van der Waals surface area (Å²) in [6.45, 7) is 5.81. The van der Waals surface area contributed by atoms with Crippen molar-refractivity contribution in [3.8, 4) is 0 Å². The average molecular weight is 183 g/mol. The third-order valence-electron chi connectivity index (χ3n) is 1.49. The molecule has 12 heavy (non-hydrogen) atoms. The number of carbonyl (C=O) groups excluding carboxylic acids is 1. The van der Waals surface area contributed by atoms with Crippen molar-refractivity contribution in [2.75, 3.05) is 0 Å². The van der Waals surface area contributed by atoms with E-state index in [4.69, 9.17) is 0 Å². The summed E-state index contributed by atoms with van der Waals surface area (Å²) in [5, 5.41) is 3.09. The lowest BCUT2D eigenvalue weighted by molar-refractivity contribution is -0.116.